The van der Waals surface area contributed by atoms with E-state index in [2.05, 4.69) is 4.99 Å². The molecule has 0 unspecified atom stereocenters. The summed E-state index contributed by atoms with van der Waals surface area (Å²) >= 11 is 0. The number of rotatable bonds is 6. The first kappa shape index (κ1) is 17.7. The second-order valence-corrected chi connectivity index (χ2v) is 5.43. The number of nitro groups is 2. The first-order valence-corrected chi connectivity index (χ1v) is 7.83. The molecule has 8 nitrogen and oxygen atoms in total. The van der Waals surface area contributed by atoms with Gasteiger partial charge in [-0.3, -0.25) is 25.2 Å². The molecule has 0 aliphatic rings. The van der Waals surface area contributed by atoms with Crippen LogP contribution in [-0.2, 0) is 0 Å². The number of aliphatic imine (C=N–C) groups is 1. The number of hydrogen-bond donors (Lipinski definition) is 0. The molecule has 0 atom stereocenters. The van der Waals surface area contributed by atoms with Gasteiger partial charge in [0.15, 0.2) is 0 Å². The average Bonchev–Trinajstić information content (AvgIpc) is 2.67. The molecule has 134 valence electrons. The topological polar surface area (TPSA) is 108 Å². The second kappa shape index (κ2) is 7.87. The molecule has 0 aliphatic carbocycles. The van der Waals surface area contributed by atoms with Crippen LogP contribution in [0.2, 0.25) is 0 Å². The molecule has 8 heteroatoms. The number of benzene rings is 3. The van der Waals surface area contributed by atoms with Crippen LogP contribution in [0.4, 0.5) is 17.1 Å². The van der Waals surface area contributed by atoms with E-state index in [1.807, 2.05) is 36.4 Å². The number of nitrogens with zero attached hydrogens (tertiary/aromatic N) is 3. The Kier molecular flexibility index (Phi) is 5.17. The summed E-state index contributed by atoms with van der Waals surface area (Å²) in [5, 5.41) is 22.0. The van der Waals surface area contributed by atoms with Crippen molar-refractivity contribution in [1.82, 2.24) is 0 Å². The van der Waals surface area contributed by atoms with Gasteiger partial charge < -0.3 is 4.74 Å². The zero-order valence-electron chi connectivity index (χ0n) is 13.9. The molecule has 0 N–H and O–H groups in total. The molecule has 0 heterocycles. The van der Waals surface area contributed by atoms with Gasteiger partial charge in [0.2, 0.25) is 5.75 Å². The maximum atomic E-state index is 11.2. The Balaban J connectivity index is 1.85. The van der Waals surface area contributed by atoms with Crippen molar-refractivity contribution in [2.75, 3.05) is 0 Å². The lowest BCUT2D eigenvalue weighted by Gasteiger charge is -2.07. The largest absolute Gasteiger partial charge is 0.450 e. The molecule has 3 aromatic carbocycles. The summed E-state index contributed by atoms with van der Waals surface area (Å²) in [4.78, 5) is 24.9. The lowest BCUT2D eigenvalue weighted by atomic mass is 10.2. The van der Waals surface area contributed by atoms with E-state index in [1.165, 1.54) is 6.07 Å². The van der Waals surface area contributed by atoms with Gasteiger partial charge >= 0.3 is 5.69 Å². The third-order valence-electron chi connectivity index (χ3n) is 3.55. The highest BCUT2D eigenvalue weighted by Crippen LogP contribution is 2.34. The number of non-ortho nitro benzene ring substituents is 1. The summed E-state index contributed by atoms with van der Waals surface area (Å²) in [6.45, 7) is 0. The predicted octanol–water partition coefficient (Wildman–Crippen LogP) is 5.05. The Bertz CT molecular complexity index is 1020. The van der Waals surface area contributed by atoms with Gasteiger partial charge in [-0.25, -0.2) is 0 Å². The SMILES string of the molecule is O=[N+]([O-])c1ccc(Oc2cccc(C=Nc3ccccc3)c2)c([N+](=O)[O-])c1. The van der Waals surface area contributed by atoms with Gasteiger partial charge in [0.05, 0.1) is 21.6 Å². The van der Waals surface area contributed by atoms with Crippen molar-refractivity contribution in [3.8, 4) is 11.5 Å². The smallest absolute Gasteiger partial charge is 0.318 e. The van der Waals surface area contributed by atoms with Crippen LogP contribution in [0.1, 0.15) is 5.56 Å². The number of nitro benzene ring substituents is 2. The van der Waals surface area contributed by atoms with Crippen molar-refractivity contribution >= 4 is 23.3 Å². The molecule has 0 bridgehead atoms. The molecular formula is C19H13N3O5. The van der Waals surface area contributed by atoms with Crippen LogP contribution in [0.3, 0.4) is 0 Å². The van der Waals surface area contributed by atoms with E-state index < -0.39 is 15.5 Å². The van der Waals surface area contributed by atoms with Crippen molar-refractivity contribution in [3.63, 3.8) is 0 Å². The van der Waals surface area contributed by atoms with Crippen LogP contribution in [0.25, 0.3) is 0 Å². The summed E-state index contributed by atoms with van der Waals surface area (Å²) in [5.41, 5.74) is 0.668. The second-order valence-electron chi connectivity index (χ2n) is 5.43. The van der Waals surface area contributed by atoms with Crippen LogP contribution in [0, 0.1) is 20.2 Å². The third kappa shape index (κ3) is 4.51. The number of hydrogen-bond acceptors (Lipinski definition) is 6. The Labute approximate surface area is 153 Å². The maximum Gasteiger partial charge on any atom is 0.318 e. The van der Waals surface area contributed by atoms with E-state index in [-0.39, 0.29) is 11.4 Å². The zero-order chi connectivity index (χ0) is 19.2. The Morgan fingerprint density at radius 1 is 0.852 bits per heavy atom. The highest BCUT2D eigenvalue weighted by molar-refractivity contribution is 5.82. The fourth-order valence-corrected chi connectivity index (χ4v) is 2.30. The van der Waals surface area contributed by atoms with Crippen molar-refractivity contribution in [3.05, 3.63) is 98.6 Å². The quantitative estimate of drug-likeness (QED) is 0.346. The van der Waals surface area contributed by atoms with Gasteiger partial charge in [0, 0.05) is 12.3 Å². The molecule has 0 saturated heterocycles. The first-order chi connectivity index (χ1) is 13.0. The molecule has 3 rings (SSSR count). The number of para-hydroxylation sites is 1. The lowest BCUT2D eigenvalue weighted by molar-refractivity contribution is -0.394. The van der Waals surface area contributed by atoms with Crippen LogP contribution in [-0.4, -0.2) is 16.1 Å². The normalized spacial score (nSPS) is 10.7. The van der Waals surface area contributed by atoms with E-state index in [0.717, 1.165) is 23.4 Å². The fourth-order valence-electron chi connectivity index (χ4n) is 2.30. The highest BCUT2D eigenvalue weighted by atomic mass is 16.6. The highest BCUT2D eigenvalue weighted by Gasteiger charge is 2.21. The molecular weight excluding hydrogens is 350 g/mol. The molecule has 0 radical (unpaired) electrons. The Hall–Kier alpha value is -4.07. The molecule has 0 spiro atoms. The fraction of sp³-hybridized carbons (Fsp3) is 0. The average molecular weight is 363 g/mol. The summed E-state index contributed by atoms with van der Waals surface area (Å²) in [6, 6.07) is 19.4. The van der Waals surface area contributed by atoms with E-state index >= 15 is 0 Å². The molecule has 0 amide bonds. The zero-order valence-corrected chi connectivity index (χ0v) is 13.9. The third-order valence-corrected chi connectivity index (χ3v) is 3.55. The molecule has 3 aromatic rings. The Morgan fingerprint density at radius 3 is 2.33 bits per heavy atom. The number of ether oxygens (including phenoxy) is 1. The van der Waals surface area contributed by atoms with E-state index in [0.29, 0.717) is 5.75 Å². The summed E-state index contributed by atoms with van der Waals surface area (Å²) in [7, 11) is 0. The van der Waals surface area contributed by atoms with Gasteiger partial charge in [-0.2, -0.15) is 0 Å². The minimum absolute atomic E-state index is 0.0808. The van der Waals surface area contributed by atoms with E-state index in [9.17, 15) is 20.2 Å². The van der Waals surface area contributed by atoms with Gasteiger partial charge in [-0.1, -0.05) is 30.3 Å². The first-order valence-electron chi connectivity index (χ1n) is 7.83. The van der Waals surface area contributed by atoms with Crippen LogP contribution in [0.15, 0.2) is 77.8 Å². The van der Waals surface area contributed by atoms with Crippen molar-refractivity contribution in [2.24, 2.45) is 4.99 Å². The van der Waals surface area contributed by atoms with Gasteiger partial charge in [-0.15, -0.1) is 0 Å². The molecule has 0 fully saturated rings. The summed E-state index contributed by atoms with van der Waals surface area (Å²) in [5.74, 6) is 0.270. The summed E-state index contributed by atoms with van der Waals surface area (Å²) < 4.78 is 5.57. The lowest BCUT2D eigenvalue weighted by Crippen LogP contribution is -1.96. The van der Waals surface area contributed by atoms with Crippen molar-refractivity contribution in [1.29, 1.82) is 0 Å². The predicted molar refractivity (Wildman–Crippen MR) is 100.0 cm³/mol. The van der Waals surface area contributed by atoms with Crippen LogP contribution >= 0.6 is 0 Å². The maximum absolute atomic E-state index is 11.2. The minimum atomic E-state index is -0.719. The van der Waals surface area contributed by atoms with Crippen LogP contribution < -0.4 is 4.74 Å². The monoisotopic (exact) mass is 363 g/mol. The van der Waals surface area contributed by atoms with E-state index in [4.69, 9.17) is 4.74 Å². The molecule has 0 aromatic heterocycles. The Morgan fingerprint density at radius 2 is 1.63 bits per heavy atom. The van der Waals surface area contributed by atoms with Gasteiger partial charge in [0.25, 0.3) is 5.69 Å². The molecule has 0 saturated carbocycles. The summed E-state index contributed by atoms with van der Waals surface area (Å²) in [6.07, 6.45) is 1.65. The molecule has 27 heavy (non-hydrogen) atoms. The van der Waals surface area contributed by atoms with Crippen LogP contribution in [0.5, 0.6) is 11.5 Å². The van der Waals surface area contributed by atoms with Gasteiger partial charge in [-0.05, 0) is 35.9 Å². The van der Waals surface area contributed by atoms with E-state index in [1.54, 1.807) is 24.4 Å². The standard InChI is InChI=1S/C19H13N3O5/c23-21(24)16-9-10-19(18(12-16)22(25)26)27-17-8-4-5-14(11-17)13-20-15-6-2-1-3-7-15/h1-13H. The van der Waals surface area contributed by atoms with Crippen molar-refractivity contribution in [2.45, 2.75) is 0 Å². The minimum Gasteiger partial charge on any atom is -0.450 e. The van der Waals surface area contributed by atoms with Crippen molar-refractivity contribution < 1.29 is 14.6 Å². The van der Waals surface area contributed by atoms with Gasteiger partial charge in [0.1, 0.15) is 5.75 Å². The molecule has 0 aliphatic heterocycles.